The van der Waals surface area contributed by atoms with Crippen LogP contribution in [-0.4, -0.2) is 13.0 Å². The van der Waals surface area contributed by atoms with Gasteiger partial charge in [0.05, 0.1) is 4.90 Å². The summed E-state index contributed by atoms with van der Waals surface area (Å²) in [5.41, 5.74) is 0.968. The standard InChI is InChI=1S/C18H22O5S.K/c1-2-3-4-5-7-14-10-11-18(17(19)12-14)23-15-8-6-9-16(13-15)24(20,21)22;/h6,8-13,19H,2-5,7H2,1H3,(H,20,21,22);/q;+1/p-1. The van der Waals surface area contributed by atoms with Gasteiger partial charge in [0, 0.05) is 6.07 Å². The van der Waals surface area contributed by atoms with Gasteiger partial charge in [-0.15, -0.1) is 0 Å². The van der Waals surface area contributed by atoms with E-state index >= 15 is 0 Å². The van der Waals surface area contributed by atoms with E-state index in [9.17, 15) is 13.5 Å². The minimum absolute atomic E-state index is 0. The molecule has 0 aliphatic heterocycles. The average Bonchev–Trinajstić information content (AvgIpc) is 2.53. The van der Waals surface area contributed by atoms with E-state index in [0.29, 0.717) is 0 Å². The topological polar surface area (TPSA) is 86.7 Å². The molecule has 0 bridgehead atoms. The minimum Gasteiger partial charge on any atom is -0.870 e. The fourth-order valence-electron chi connectivity index (χ4n) is 2.37. The van der Waals surface area contributed by atoms with Gasteiger partial charge >= 0.3 is 51.4 Å². The van der Waals surface area contributed by atoms with Gasteiger partial charge in [0.25, 0.3) is 10.1 Å². The summed E-state index contributed by atoms with van der Waals surface area (Å²) in [5, 5.41) is 12.1. The van der Waals surface area contributed by atoms with Crippen LogP contribution in [-0.2, 0) is 16.5 Å². The van der Waals surface area contributed by atoms with Crippen LogP contribution in [0, 0.1) is 0 Å². The van der Waals surface area contributed by atoms with Crippen LogP contribution in [0.1, 0.15) is 38.2 Å². The summed E-state index contributed by atoms with van der Waals surface area (Å²) in [6.07, 6.45) is 5.40. The van der Waals surface area contributed by atoms with Gasteiger partial charge in [0.2, 0.25) is 0 Å². The Morgan fingerprint density at radius 2 is 1.84 bits per heavy atom. The van der Waals surface area contributed by atoms with Crippen LogP contribution < -0.4 is 61.2 Å². The second-order valence-electron chi connectivity index (χ2n) is 5.64. The van der Waals surface area contributed by atoms with Gasteiger partial charge < -0.3 is 9.84 Å². The van der Waals surface area contributed by atoms with Crippen molar-refractivity contribution in [3.05, 3.63) is 48.0 Å². The van der Waals surface area contributed by atoms with Crippen molar-refractivity contribution in [2.75, 3.05) is 0 Å². The van der Waals surface area contributed by atoms with E-state index in [1.54, 1.807) is 12.1 Å². The van der Waals surface area contributed by atoms with E-state index in [2.05, 4.69) is 6.92 Å². The summed E-state index contributed by atoms with van der Waals surface area (Å²) in [6, 6.07) is 10.4. The van der Waals surface area contributed by atoms with Gasteiger partial charge in [-0.2, -0.15) is 8.42 Å². The summed E-state index contributed by atoms with van der Waals surface area (Å²) < 4.78 is 36.8. The third kappa shape index (κ3) is 7.38. The molecule has 2 aromatic rings. The number of ether oxygens (including phenoxy) is 1. The molecule has 2 aromatic carbocycles. The molecule has 130 valence electrons. The Hall–Kier alpha value is -0.414. The fourth-order valence-corrected chi connectivity index (χ4v) is 2.89. The van der Waals surface area contributed by atoms with Crippen LogP contribution in [0.5, 0.6) is 17.2 Å². The average molecular weight is 389 g/mol. The fraction of sp³-hybridized carbons (Fsp3) is 0.333. The van der Waals surface area contributed by atoms with Crippen molar-refractivity contribution in [3.8, 4) is 17.2 Å². The van der Waals surface area contributed by atoms with E-state index in [-0.39, 0.29) is 73.5 Å². The van der Waals surface area contributed by atoms with E-state index in [1.165, 1.54) is 37.1 Å². The van der Waals surface area contributed by atoms with Gasteiger partial charge in [-0.25, -0.2) is 0 Å². The van der Waals surface area contributed by atoms with E-state index in [0.717, 1.165) is 24.8 Å². The molecular formula is C18H21KO5S. The van der Waals surface area contributed by atoms with Crippen molar-refractivity contribution in [1.82, 2.24) is 0 Å². The van der Waals surface area contributed by atoms with Crippen LogP contribution in [0.3, 0.4) is 0 Å². The maximum atomic E-state index is 12.1. The smallest absolute Gasteiger partial charge is 0.870 e. The minimum atomic E-state index is -4.31. The quantitative estimate of drug-likeness (QED) is 0.413. The Balaban J connectivity index is 0.00000312. The molecule has 0 saturated carbocycles. The zero-order chi connectivity index (χ0) is 17.6. The zero-order valence-electron chi connectivity index (χ0n) is 14.6. The molecule has 25 heavy (non-hydrogen) atoms. The zero-order valence-corrected chi connectivity index (χ0v) is 18.5. The molecule has 0 heterocycles. The van der Waals surface area contributed by atoms with Crippen LogP contribution in [0.2, 0.25) is 0 Å². The van der Waals surface area contributed by atoms with Crippen molar-refractivity contribution in [3.63, 3.8) is 0 Å². The summed E-state index contributed by atoms with van der Waals surface area (Å²) in [7, 11) is -4.31. The maximum absolute atomic E-state index is 12.1. The largest absolute Gasteiger partial charge is 1.00 e. The first-order valence-corrected chi connectivity index (χ1v) is 9.39. The molecule has 2 rings (SSSR count). The molecule has 0 aliphatic rings. The van der Waals surface area contributed by atoms with Gasteiger partial charge in [-0.1, -0.05) is 50.1 Å². The van der Waals surface area contributed by atoms with Crippen molar-refractivity contribution in [1.29, 1.82) is 0 Å². The van der Waals surface area contributed by atoms with Crippen LogP contribution in [0.4, 0.5) is 0 Å². The normalized spacial score (nSPS) is 11.0. The van der Waals surface area contributed by atoms with E-state index < -0.39 is 10.1 Å². The van der Waals surface area contributed by atoms with E-state index in [1.807, 2.05) is 6.07 Å². The first-order chi connectivity index (χ1) is 11.4. The Morgan fingerprint density at radius 3 is 2.48 bits per heavy atom. The monoisotopic (exact) mass is 388 g/mol. The Kier molecular flexibility index (Phi) is 9.65. The molecule has 0 radical (unpaired) electrons. The van der Waals surface area contributed by atoms with Crippen LogP contribution in [0.25, 0.3) is 0 Å². The van der Waals surface area contributed by atoms with E-state index in [4.69, 9.17) is 9.29 Å². The Bertz CT molecular complexity index is 790. The molecule has 0 atom stereocenters. The third-order valence-electron chi connectivity index (χ3n) is 3.66. The number of unbranched alkanes of at least 4 members (excludes halogenated alkanes) is 3. The molecule has 0 spiro atoms. The molecule has 5 nitrogen and oxygen atoms in total. The number of hydrogen-bond acceptors (Lipinski definition) is 4. The van der Waals surface area contributed by atoms with Gasteiger partial charge in [-0.3, -0.25) is 4.55 Å². The summed E-state index contributed by atoms with van der Waals surface area (Å²) in [5.74, 6) is 0.0537. The molecule has 1 N–H and O–H groups in total. The molecule has 0 fully saturated rings. The van der Waals surface area contributed by atoms with Gasteiger partial charge in [-0.05, 0) is 36.6 Å². The summed E-state index contributed by atoms with van der Waals surface area (Å²) >= 11 is 0. The predicted molar refractivity (Wildman–Crippen MR) is 90.1 cm³/mol. The second kappa shape index (κ2) is 10.7. The van der Waals surface area contributed by atoms with Crippen LogP contribution >= 0.6 is 0 Å². The van der Waals surface area contributed by atoms with Gasteiger partial charge in [0.1, 0.15) is 11.5 Å². The Morgan fingerprint density at radius 1 is 1.08 bits per heavy atom. The number of benzene rings is 2. The van der Waals surface area contributed by atoms with Crippen molar-refractivity contribution < 1.29 is 74.2 Å². The summed E-state index contributed by atoms with van der Waals surface area (Å²) in [6.45, 7) is 2.15. The van der Waals surface area contributed by atoms with Crippen molar-refractivity contribution >= 4 is 10.1 Å². The first-order valence-electron chi connectivity index (χ1n) is 7.95. The second-order valence-corrected chi connectivity index (χ2v) is 7.07. The Labute approximate surface area is 191 Å². The van der Waals surface area contributed by atoms with Crippen molar-refractivity contribution in [2.45, 2.75) is 43.9 Å². The van der Waals surface area contributed by atoms with Crippen LogP contribution in [0.15, 0.2) is 47.4 Å². The molecule has 0 saturated heterocycles. The maximum Gasteiger partial charge on any atom is 1.00 e. The molecule has 0 aliphatic carbocycles. The van der Waals surface area contributed by atoms with Crippen molar-refractivity contribution in [2.24, 2.45) is 0 Å². The number of rotatable bonds is 8. The molecule has 0 amide bonds. The number of hydrogen-bond donors (Lipinski definition) is 1. The van der Waals surface area contributed by atoms with Gasteiger partial charge in [0.15, 0.2) is 0 Å². The molecule has 7 heteroatoms. The predicted octanol–water partition coefficient (Wildman–Crippen LogP) is 0.926. The number of aryl methyl sites for hydroxylation is 1. The molecule has 0 unspecified atom stereocenters. The summed E-state index contributed by atoms with van der Waals surface area (Å²) in [4.78, 5) is -0.278. The molecule has 0 aromatic heterocycles. The first kappa shape index (κ1) is 22.6. The molecular weight excluding hydrogens is 367 g/mol. The third-order valence-corrected chi connectivity index (χ3v) is 4.51. The SMILES string of the molecule is CCCCCCc1ccc(Oc2cccc(S(=O)(=O)O)c2)c([O-])c1.[K+].